The quantitative estimate of drug-likeness (QED) is 0.767. The van der Waals surface area contributed by atoms with Gasteiger partial charge in [0.05, 0.1) is 19.8 Å². The molecule has 1 atom stereocenters. The van der Waals surface area contributed by atoms with Crippen LogP contribution in [0.3, 0.4) is 0 Å². The van der Waals surface area contributed by atoms with Crippen LogP contribution in [0.15, 0.2) is 6.33 Å². The maximum Gasteiger partial charge on any atom is 0.204 e. The van der Waals surface area contributed by atoms with Crippen LogP contribution in [0.2, 0.25) is 0 Å². The minimum Gasteiger partial charge on any atom is -0.490 e. The highest BCUT2D eigenvalue weighted by atomic mass is 16.5. The summed E-state index contributed by atoms with van der Waals surface area (Å²) >= 11 is 0. The molecule has 124 valence electrons. The first-order chi connectivity index (χ1) is 10.7. The SMILES string of the molecule is CCN(CC)CCOC1CCN(c2ncnc(N)c2OC)C1. The summed E-state index contributed by atoms with van der Waals surface area (Å²) in [5.41, 5.74) is 5.84. The average molecular weight is 309 g/mol. The van der Waals surface area contributed by atoms with Crippen molar-refractivity contribution in [2.75, 3.05) is 57.1 Å². The summed E-state index contributed by atoms with van der Waals surface area (Å²) in [5, 5.41) is 0. The highest BCUT2D eigenvalue weighted by Crippen LogP contribution is 2.32. The molecule has 0 spiro atoms. The average Bonchev–Trinajstić information content (AvgIpc) is 3.00. The fraction of sp³-hybridized carbons (Fsp3) is 0.733. The van der Waals surface area contributed by atoms with E-state index in [1.807, 2.05) is 0 Å². The first kappa shape index (κ1) is 16.8. The third kappa shape index (κ3) is 3.98. The van der Waals surface area contributed by atoms with E-state index < -0.39 is 0 Å². The molecule has 0 radical (unpaired) electrons. The monoisotopic (exact) mass is 309 g/mol. The number of nitrogens with zero attached hydrogens (tertiary/aromatic N) is 4. The third-order valence-corrected chi connectivity index (χ3v) is 4.12. The Morgan fingerprint density at radius 2 is 2.14 bits per heavy atom. The summed E-state index contributed by atoms with van der Waals surface area (Å²) in [6, 6.07) is 0. The van der Waals surface area contributed by atoms with E-state index in [0.29, 0.717) is 11.6 Å². The van der Waals surface area contributed by atoms with E-state index in [4.69, 9.17) is 15.2 Å². The summed E-state index contributed by atoms with van der Waals surface area (Å²) in [7, 11) is 1.59. The highest BCUT2D eigenvalue weighted by Gasteiger charge is 2.27. The van der Waals surface area contributed by atoms with E-state index >= 15 is 0 Å². The van der Waals surface area contributed by atoms with Crippen LogP contribution in [-0.2, 0) is 4.74 Å². The third-order valence-electron chi connectivity index (χ3n) is 4.12. The normalized spacial score (nSPS) is 18.2. The topological polar surface area (TPSA) is 76.7 Å². The number of methoxy groups -OCH3 is 1. The van der Waals surface area contributed by atoms with Crippen LogP contribution in [0.25, 0.3) is 0 Å². The Balaban J connectivity index is 1.87. The van der Waals surface area contributed by atoms with Gasteiger partial charge in [-0.25, -0.2) is 9.97 Å². The molecule has 1 aromatic heterocycles. The smallest absolute Gasteiger partial charge is 0.204 e. The van der Waals surface area contributed by atoms with E-state index in [9.17, 15) is 0 Å². The zero-order valence-corrected chi connectivity index (χ0v) is 13.8. The van der Waals surface area contributed by atoms with Crippen molar-refractivity contribution in [2.45, 2.75) is 26.4 Å². The van der Waals surface area contributed by atoms with Gasteiger partial charge in [0, 0.05) is 19.6 Å². The molecule has 22 heavy (non-hydrogen) atoms. The number of ether oxygens (including phenoxy) is 2. The van der Waals surface area contributed by atoms with E-state index in [-0.39, 0.29) is 6.10 Å². The van der Waals surface area contributed by atoms with Crippen molar-refractivity contribution in [3.05, 3.63) is 6.33 Å². The number of aromatic nitrogens is 2. The second kappa shape index (κ2) is 8.14. The van der Waals surface area contributed by atoms with Crippen LogP contribution in [-0.4, -0.2) is 67.4 Å². The standard InChI is InChI=1S/C15H27N5O2/c1-4-19(5-2)8-9-22-12-6-7-20(10-12)15-13(21-3)14(16)17-11-18-15/h11-12H,4-10H2,1-3H3,(H2,16,17,18). The zero-order chi connectivity index (χ0) is 15.9. The van der Waals surface area contributed by atoms with E-state index in [2.05, 4.69) is 33.6 Å². The summed E-state index contributed by atoms with van der Waals surface area (Å²) in [5.74, 6) is 1.68. The Morgan fingerprint density at radius 3 is 2.82 bits per heavy atom. The van der Waals surface area contributed by atoms with Gasteiger partial charge in [-0.3, -0.25) is 0 Å². The molecule has 2 heterocycles. The van der Waals surface area contributed by atoms with Gasteiger partial charge in [0.2, 0.25) is 5.75 Å². The van der Waals surface area contributed by atoms with Gasteiger partial charge < -0.3 is 25.0 Å². The highest BCUT2D eigenvalue weighted by molar-refractivity contribution is 5.63. The first-order valence-electron chi connectivity index (χ1n) is 7.92. The largest absolute Gasteiger partial charge is 0.490 e. The molecule has 7 nitrogen and oxygen atoms in total. The Hall–Kier alpha value is -1.60. The minimum atomic E-state index is 0.233. The second-order valence-corrected chi connectivity index (χ2v) is 5.37. The molecule has 7 heteroatoms. The van der Waals surface area contributed by atoms with Gasteiger partial charge in [-0.1, -0.05) is 13.8 Å². The van der Waals surface area contributed by atoms with Crippen LogP contribution in [0.5, 0.6) is 5.75 Å². The van der Waals surface area contributed by atoms with Gasteiger partial charge in [0.1, 0.15) is 6.33 Å². The van der Waals surface area contributed by atoms with E-state index in [1.165, 1.54) is 6.33 Å². The molecule has 0 bridgehead atoms. The summed E-state index contributed by atoms with van der Waals surface area (Å²) < 4.78 is 11.3. The van der Waals surface area contributed by atoms with Crippen molar-refractivity contribution in [2.24, 2.45) is 0 Å². The molecule has 2 rings (SSSR count). The molecular weight excluding hydrogens is 282 g/mol. The lowest BCUT2D eigenvalue weighted by molar-refractivity contribution is 0.0520. The molecule has 1 fully saturated rings. The molecule has 1 aliphatic rings. The fourth-order valence-electron chi connectivity index (χ4n) is 2.74. The van der Waals surface area contributed by atoms with Gasteiger partial charge in [-0.15, -0.1) is 0 Å². The van der Waals surface area contributed by atoms with Crippen LogP contribution in [0, 0.1) is 0 Å². The molecule has 1 unspecified atom stereocenters. The number of nitrogen functional groups attached to an aromatic ring is 1. The molecule has 0 amide bonds. The predicted octanol–water partition coefficient (Wildman–Crippen LogP) is 1.00. The van der Waals surface area contributed by atoms with Crippen molar-refractivity contribution in [1.82, 2.24) is 14.9 Å². The Bertz CT molecular complexity index is 467. The molecule has 0 saturated carbocycles. The van der Waals surface area contributed by atoms with Crippen molar-refractivity contribution in [1.29, 1.82) is 0 Å². The van der Waals surface area contributed by atoms with E-state index in [1.54, 1.807) is 7.11 Å². The Morgan fingerprint density at radius 1 is 1.36 bits per heavy atom. The number of anilines is 2. The van der Waals surface area contributed by atoms with Crippen molar-refractivity contribution < 1.29 is 9.47 Å². The molecule has 0 aliphatic carbocycles. The van der Waals surface area contributed by atoms with E-state index in [0.717, 1.165) is 51.6 Å². The summed E-state index contributed by atoms with van der Waals surface area (Å²) in [6.45, 7) is 9.92. The van der Waals surface area contributed by atoms with Gasteiger partial charge in [-0.05, 0) is 19.5 Å². The lowest BCUT2D eigenvalue weighted by atomic mass is 10.3. The zero-order valence-electron chi connectivity index (χ0n) is 13.8. The van der Waals surface area contributed by atoms with Crippen LogP contribution in [0.1, 0.15) is 20.3 Å². The maximum absolute atomic E-state index is 5.99. The Kier molecular flexibility index (Phi) is 6.21. The second-order valence-electron chi connectivity index (χ2n) is 5.37. The lowest BCUT2D eigenvalue weighted by Crippen LogP contribution is -2.30. The van der Waals surface area contributed by atoms with Gasteiger partial charge >= 0.3 is 0 Å². The number of hydrogen-bond acceptors (Lipinski definition) is 7. The van der Waals surface area contributed by atoms with Crippen LogP contribution in [0.4, 0.5) is 11.6 Å². The van der Waals surface area contributed by atoms with Crippen molar-refractivity contribution in [3.8, 4) is 5.75 Å². The molecular formula is C15H27N5O2. The summed E-state index contributed by atoms with van der Waals surface area (Å²) in [4.78, 5) is 12.8. The van der Waals surface area contributed by atoms with Crippen molar-refractivity contribution >= 4 is 11.6 Å². The van der Waals surface area contributed by atoms with Gasteiger partial charge in [0.25, 0.3) is 0 Å². The molecule has 0 aromatic carbocycles. The summed E-state index contributed by atoms with van der Waals surface area (Å²) in [6.07, 6.45) is 2.70. The minimum absolute atomic E-state index is 0.233. The Labute approximate surface area is 132 Å². The van der Waals surface area contributed by atoms with Gasteiger partial charge in [-0.2, -0.15) is 0 Å². The first-order valence-corrected chi connectivity index (χ1v) is 7.92. The van der Waals surface area contributed by atoms with Crippen molar-refractivity contribution in [3.63, 3.8) is 0 Å². The number of hydrogen-bond donors (Lipinski definition) is 1. The fourth-order valence-corrected chi connectivity index (χ4v) is 2.74. The van der Waals surface area contributed by atoms with Crippen LogP contribution < -0.4 is 15.4 Å². The molecule has 2 N–H and O–H groups in total. The number of likely N-dealkylation sites (N-methyl/N-ethyl adjacent to an activating group) is 1. The van der Waals surface area contributed by atoms with Gasteiger partial charge in [0.15, 0.2) is 11.6 Å². The van der Waals surface area contributed by atoms with Crippen LogP contribution >= 0.6 is 0 Å². The number of nitrogens with two attached hydrogens (primary N) is 1. The molecule has 1 aromatic rings. The number of rotatable bonds is 8. The molecule has 1 saturated heterocycles. The molecule has 1 aliphatic heterocycles. The lowest BCUT2D eigenvalue weighted by Gasteiger charge is -2.21. The predicted molar refractivity (Wildman–Crippen MR) is 87.4 cm³/mol. The maximum atomic E-state index is 5.99.